The monoisotopic (exact) mass is 618 g/mol. The fourth-order valence-corrected chi connectivity index (χ4v) is 6.26. The highest BCUT2D eigenvalue weighted by atomic mass is 32.2. The molecule has 0 atom stereocenters. The summed E-state index contributed by atoms with van der Waals surface area (Å²) < 4.78 is 18.1. The van der Waals surface area contributed by atoms with Gasteiger partial charge >= 0.3 is 5.97 Å². The van der Waals surface area contributed by atoms with Gasteiger partial charge in [-0.05, 0) is 81.8 Å². The highest BCUT2D eigenvalue weighted by molar-refractivity contribution is 8.18. The quantitative estimate of drug-likeness (QED) is 0.164. The second-order valence-electron chi connectivity index (χ2n) is 10.1. The molecule has 0 aliphatic carbocycles. The second-order valence-corrected chi connectivity index (χ2v) is 11.1. The lowest BCUT2D eigenvalue weighted by atomic mass is 10.1. The lowest BCUT2D eigenvalue weighted by molar-refractivity contribution is -0.384. The van der Waals surface area contributed by atoms with Gasteiger partial charge in [-0.15, -0.1) is 0 Å². The minimum atomic E-state index is -0.663. The fourth-order valence-electron chi connectivity index (χ4n) is 5.23. The van der Waals surface area contributed by atoms with E-state index in [-0.39, 0.29) is 28.5 Å². The van der Waals surface area contributed by atoms with Gasteiger partial charge in [0.15, 0.2) is 0 Å². The van der Waals surface area contributed by atoms with Crippen molar-refractivity contribution in [1.82, 2.24) is 4.57 Å². The Morgan fingerprint density at radius 3 is 2.50 bits per heavy atom. The van der Waals surface area contributed by atoms with Crippen molar-refractivity contribution in [3.63, 3.8) is 0 Å². The molecule has 0 unspecified atom stereocenters. The van der Waals surface area contributed by atoms with E-state index in [1.165, 1.54) is 11.8 Å². The predicted octanol–water partition coefficient (Wildman–Crippen LogP) is 6.43. The first kappa shape index (κ1) is 30.9. The normalized spacial score (nSPS) is 17.0. The van der Waals surface area contributed by atoms with Gasteiger partial charge in [0.05, 0.1) is 47.6 Å². The Morgan fingerprint density at radius 1 is 1.11 bits per heavy atom. The summed E-state index contributed by atoms with van der Waals surface area (Å²) in [5.41, 5.74) is 4.27. The molecule has 0 radical (unpaired) electrons. The molecule has 44 heavy (non-hydrogen) atoms. The van der Waals surface area contributed by atoms with Crippen LogP contribution in [0, 0.1) is 24.0 Å². The number of carbonyl (C=O) groups excluding carboxylic acids is 1. The standard InChI is InChI=1S/C32H34N4O7S/c1-5-42-25-10-7-23(8-11-25)33-31-29(32(38)43-6-2)30(37)28(44-31)18-22-17-20(3)35(21(22)4)24-9-12-26(27(19-24)36(39)40)34-13-15-41-16-14-34/h7-12,17-19,37H,5-6,13-16H2,1-4H3/b28-18-,33-31?. The Balaban J connectivity index is 1.51. The third kappa shape index (κ3) is 6.36. The summed E-state index contributed by atoms with van der Waals surface area (Å²) in [6.45, 7) is 10.3. The first-order chi connectivity index (χ1) is 21.2. The molecule has 12 heteroatoms. The Labute approximate surface area is 259 Å². The van der Waals surface area contributed by atoms with Crippen molar-refractivity contribution in [2.75, 3.05) is 44.4 Å². The maximum absolute atomic E-state index is 12.9. The van der Waals surface area contributed by atoms with Crippen molar-refractivity contribution in [2.45, 2.75) is 27.7 Å². The molecule has 11 nitrogen and oxygen atoms in total. The van der Waals surface area contributed by atoms with E-state index in [0.29, 0.717) is 65.7 Å². The number of rotatable bonds is 9. The van der Waals surface area contributed by atoms with E-state index in [9.17, 15) is 20.0 Å². The SMILES string of the molecule is CCOC(=O)C1=C(O)/C(=C/c2cc(C)n(-c3ccc(N4CCOCC4)c([N+](=O)[O-])c3)c2C)SC1=Nc1ccc(OCC)cc1. The molecule has 1 fully saturated rings. The molecule has 3 heterocycles. The van der Waals surface area contributed by atoms with Crippen molar-refractivity contribution in [3.05, 3.63) is 91.8 Å². The first-order valence-electron chi connectivity index (χ1n) is 14.3. The van der Waals surface area contributed by atoms with Gasteiger partial charge in [-0.2, -0.15) is 0 Å². The summed E-state index contributed by atoms with van der Waals surface area (Å²) in [5.74, 6) is -0.172. The molecule has 2 aliphatic rings. The number of thioether (sulfide) groups is 1. The summed E-state index contributed by atoms with van der Waals surface area (Å²) in [7, 11) is 0. The van der Waals surface area contributed by atoms with Crippen LogP contribution in [0.25, 0.3) is 11.8 Å². The summed E-state index contributed by atoms with van der Waals surface area (Å²) >= 11 is 1.17. The van der Waals surface area contributed by atoms with Crippen molar-refractivity contribution < 1.29 is 29.0 Å². The average molecular weight is 619 g/mol. The van der Waals surface area contributed by atoms with E-state index in [1.54, 1.807) is 49.4 Å². The average Bonchev–Trinajstić information content (AvgIpc) is 3.47. The van der Waals surface area contributed by atoms with Crippen molar-refractivity contribution in [3.8, 4) is 11.4 Å². The van der Waals surface area contributed by atoms with Crippen LogP contribution in [0.4, 0.5) is 17.1 Å². The largest absolute Gasteiger partial charge is 0.506 e. The number of hydrogen-bond acceptors (Lipinski definition) is 10. The van der Waals surface area contributed by atoms with Gasteiger partial charge in [-0.3, -0.25) is 10.1 Å². The molecule has 0 bridgehead atoms. The number of hydrogen-bond donors (Lipinski definition) is 1. The second kappa shape index (κ2) is 13.4. The van der Waals surface area contributed by atoms with Crippen molar-refractivity contribution in [1.29, 1.82) is 0 Å². The third-order valence-corrected chi connectivity index (χ3v) is 8.29. The number of nitro groups is 1. The van der Waals surface area contributed by atoms with Crippen LogP contribution < -0.4 is 9.64 Å². The number of carbonyl (C=O) groups is 1. The number of aliphatic hydroxyl groups excluding tert-OH is 1. The maximum Gasteiger partial charge on any atom is 0.344 e. The summed E-state index contributed by atoms with van der Waals surface area (Å²) in [4.78, 5) is 31.6. The van der Waals surface area contributed by atoms with Crippen LogP contribution in [0.3, 0.4) is 0 Å². The fraction of sp³-hybridized carbons (Fsp3) is 0.312. The van der Waals surface area contributed by atoms with Gasteiger partial charge in [0.25, 0.3) is 5.69 Å². The van der Waals surface area contributed by atoms with Crippen LogP contribution in [0.15, 0.2) is 69.8 Å². The zero-order valence-corrected chi connectivity index (χ0v) is 25.8. The van der Waals surface area contributed by atoms with Crippen LogP contribution in [0.1, 0.15) is 30.8 Å². The summed E-state index contributed by atoms with van der Waals surface area (Å²) in [5, 5.41) is 23.6. The molecule has 0 amide bonds. The summed E-state index contributed by atoms with van der Waals surface area (Å²) in [6.07, 6.45) is 1.79. The van der Waals surface area contributed by atoms with Crippen LogP contribution in [0.5, 0.6) is 5.75 Å². The van der Waals surface area contributed by atoms with Crippen LogP contribution >= 0.6 is 11.8 Å². The number of aromatic nitrogens is 1. The van der Waals surface area contributed by atoms with Crippen molar-refractivity contribution >= 4 is 45.9 Å². The Bertz CT molecular complexity index is 1670. The number of aliphatic hydroxyl groups is 1. The Morgan fingerprint density at radius 2 is 1.84 bits per heavy atom. The van der Waals surface area contributed by atoms with Crippen LogP contribution in [0.2, 0.25) is 0 Å². The molecular weight excluding hydrogens is 584 g/mol. The Hall–Kier alpha value is -4.55. The maximum atomic E-state index is 12.9. The van der Waals surface area contributed by atoms with E-state index in [4.69, 9.17) is 14.2 Å². The number of esters is 1. The molecule has 230 valence electrons. The molecule has 1 N–H and O–H groups in total. The molecule has 2 aromatic carbocycles. The molecule has 5 rings (SSSR count). The minimum absolute atomic E-state index is 0.000110. The Kier molecular flexibility index (Phi) is 9.40. The molecule has 1 saturated heterocycles. The third-order valence-electron chi connectivity index (χ3n) is 7.27. The number of anilines is 1. The number of benzene rings is 2. The molecule has 1 aromatic heterocycles. The number of nitro benzene ring substituents is 1. The summed E-state index contributed by atoms with van der Waals surface area (Å²) in [6, 6.07) is 14.3. The van der Waals surface area contributed by atoms with Gasteiger partial charge < -0.3 is 28.8 Å². The zero-order chi connectivity index (χ0) is 31.4. The van der Waals surface area contributed by atoms with Gasteiger partial charge in [0.1, 0.15) is 27.8 Å². The van der Waals surface area contributed by atoms with E-state index in [0.717, 1.165) is 17.0 Å². The van der Waals surface area contributed by atoms with Gasteiger partial charge in [0.2, 0.25) is 0 Å². The molecule has 0 saturated carbocycles. The smallest absolute Gasteiger partial charge is 0.344 e. The van der Waals surface area contributed by atoms with E-state index in [1.807, 2.05) is 42.4 Å². The van der Waals surface area contributed by atoms with Gasteiger partial charge in [-0.25, -0.2) is 9.79 Å². The van der Waals surface area contributed by atoms with Crippen LogP contribution in [-0.4, -0.2) is 65.1 Å². The predicted molar refractivity (Wildman–Crippen MR) is 171 cm³/mol. The molecule has 3 aromatic rings. The van der Waals surface area contributed by atoms with Crippen LogP contribution in [-0.2, 0) is 14.3 Å². The molecule has 0 spiro atoms. The van der Waals surface area contributed by atoms with Gasteiger partial charge in [0, 0.05) is 30.5 Å². The molecular formula is C32H34N4O7S. The van der Waals surface area contributed by atoms with Crippen molar-refractivity contribution in [2.24, 2.45) is 4.99 Å². The zero-order valence-electron chi connectivity index (χ0n) is 25.0. The first-order valence-corrected chi connectivity index (χ1v) is 15.2. The highest BCUT2D eigenvalue weighted by Crippen LogP contribution is 2.41. The van der Waals surface area contributed by atoms with Gasteiger partial charge in [-0.1, -0.05) is 11.8 Å². The topological polar surface area (TPSA) is 129 Å². The van der Waals surface area contributed by atoms with E-state index < -0.39 is 5.97 Å². The van der Waals surface area contributed by atoms with E-state index in [2.05, 4.69) is 4.99 Å². The highest BCUT2D eigenvalue weighted by Gasteiger charge is 2.33. The lowest BCUT2D eigenvalue weighted by Crippen LogP contribution is -2.36. The number of aryl methyl sites for hydroxylation is 1. The number of nitrogens with zero attached hydrogens (tertiary/aromatic N) is 4. The minimum Gasteiger partial charge on any atom is -0.506 e. The lowest BCUT2D eigenvalue weighted by Gasteiger charge is -2.28. The molecule has 2 aliphatic heterocycles. The number of morpholine rings is 1. The number of aliphatic imine (C=N–C) groups is 1. The number of ether oxygens (including phenoxy) is 3. The van der Waals surface area contributed by atoms with E-state index >= 15 is 0 Å².